The van der Waals surface area contributed by atoms with Gasteiger partial charge in [-0.2, -0.15) is 0 Å². The SMILES string of the molecule is CN=C(NCCCOCC1CCCO1)NCC(C)(C)N1CCCC(C)C1.I. The topological polar surface area (TPSA) is 58.1 Å². The van der Waals surface area contributed by atoms with E-state index in [0.717, 1.165) is 57.6 Å². The molecule has 0 aromatic carbocycles. The van der Waals surface area contributed by atoms with Crippen LogP contribution in [0.25, 0.3) is 0 Å². The fraction of sp³-hybridized carbons (Fsp3) is 0.950. The van der Waals surface area contributed by atoms with E-state index in [-0.39, 0.29) is 29.5 Å². The van der Waals surface area contributed by atoms with Crippen LogP contribution in [0.15, 0.2) is 4.99 Å². The molecule has 0 radical (unpaired) electrons. The molecule has 2 heterocycles. The van der Waals surface area contributed by atoms with Crippen LogP contribution < -0.4 is 10.6 Å². The van der Waals surface area contributed by atoms with Gasteiger partial charge in [0.25, 0.3) is 0 Å². The van der Waals surface area contributed by atoms with Gasteiger partial charge in [-0.3, -0.25) is 9.89 Å². The van der Waals surface area contributed by atoms with Gasteiger partial charge in [0.1, 0.15) is 0 Å². The first-order valence-corrected chi connectivity index (χ1v) is 10.4. The van der Waals surface area contributed by atoms with Crippen LogP contribution in [0.2, 0.25) is 0 Å². The number of piperidine rings is 1. The maximum absolute atomic E-state index is 5.70. The second kappa shape index (κ2) is 13.2. The van der Waals surface area contributed by atoms with E-state index in [4.69, 9.17) is 9.47 Å². The maximum atomic E-state index is 5.70. The van der Waals surface area contributed by atoms with Gasteiger partial charge in [-0.05, 0) is 58.4 Å². The molecule has 0 saturated carbocycles. The van der Waals surface area contributed by atoms with Crippen LogP contribution in [0.3, 0.4) is 0 Å². The summed E-state index contributed by atoms with van der Waals surface area (Å²) in [6, 6.07) is 0. The van der Waals surface area contributed by atoms with Gasteiger partial charge < -0.3 is 20.1 Å². The Labute approximate surface area is 183 Å². The molecule has 2 rings (SSSR count). The molecule has 27 heavy (non-hydrogen) atoms. The maximum Gasteiger partial charge on any atom is 0.191 e. The van der Waals surface area contributed by atoms with Crippen molar-refractivity contribution in [2.45, 2.75) is 64.5 Å². The lowest BCUT2D eigenvalue weighted by molar-refractivity contribution is 0.0168. The summed E-state index contributed by atoms with van der Waals surface area (Å²) >= 11 is 0. The number of nitrogens with one attached hydrogen (secondary N) is 2. The lowest BCUT2D eigenvalue weighted by atomic mass is 9.93. The predicted molar refractivity (Wildman–Crippen MR) is 123 cm³/mol. The van der Waals surface area contributed by atoms with Crippen LogP contribution in [-0.2, 0) is 9.47 Å². The fourth-order valence-electron chi connectivity index (χ4n) is 3.74. The molecule has 2 saturated heterocycles. The number of halogens is 1. The third-order valence-electron chi connectivity index (χ3n) is 5.51. The van der Waals surface area contributed by atoms with Crippen molar-refractivity contribution in [2.24, 2.45) is 10.9 Å². The molecule has 2 unspecified atom stereocenters. The number of ether oxygens (including phenoxy) is 2. The molecule has 2 aliphatic heterocycles. The largest absolute Gasteiger partial charge is 0.379 e. The third kappa shape index (κ3) is 9.28. The molecular formula is C20H41IN4O2. The van der Waals surface area contributed by atoms with Gasteiger partial charge >= 0.3 is 0 Å². The highest BCUT2D eigenvalue weighted by Gasteiger charge is 2.30. The second-order valence-electron chi connectivity index (χ2n) is 8.42. The van der Waals surface area contributed by atoms with E-state index in [1.807, 2.05) is 7.05 Å². The standard InChI is InChI=1S/C20H40N4O2.HI/c1-17-8-5-11-24(14-17)20(2,3)16-23-19(21-4)22-10-7-12-25-15-18-9-6-13-26-18;/h17-18H,5-16H2,1-4H3,(H2,21,22,23);1H. The Morgan fingerprint density at radius 1 is 1.26 bits per heavy atom. The summed E-state index contributed by atoms with van der Waals surface area (Å²) in [7, 11) is 1.83. The Balaban J connectivity index is 0.00000364. The Morgan fingerprint density at radius 2 is 2.07 bits per heavy atom. The summed E-state index contributed by atoms with van der Waals surface area (Å²) in [6.07, 6.45) is 6.27. The van der Waals surface area contributed by atoms with Crippen molar-refractivity contribution in [1.29, 1.82) is 0 Å². The van der Waals surface area contributed by atoms with Crippen LogP contribution in [0, 0.1) is 5.92 Å². The highest BCUT2D eigenvalue weighted by Crippen LogP contribution is 2.23. The predicted octanol–water partition coefficient (Wildman–Crippen LogP) is 2.87. The Kier molecular flexibility index (Phi) is 12.2. The van der Waals surface area contributed by atoms with Crippen molar-refractivity contribution < 1.29 is 9.47 Å². The summed E-state index contributed by atoms with van der Waals surface area (Å²) in [6.45, 7) is 13.6. The first-order chi connectivity index (χ1) is 12.5. The second-order valence-corrected chi connectivity index (χ2v) is 8.42. The Bertz CT molecular complexity index is 428. The lowest BCUT2D eigenvalue weighted by Gasteiger charge is -2.43. The number of aliphatic imine (C=N–C) groups is 1. The van der Waals surface area contributed by atoms with E-state index in [1.54, 1.807) is 0 Å². The van der Waals surface area contributed by atoms with Gasteiger partial charge in [0.05, 0.1) is 12.7 Å². The van der Waals surface area contributed by atoms with Crippen LogP contribution in [0.1, 0.15) is 52.9 Å². The van der Waals surface area contributed by atoms with Gasteiger partial charge in [-0.25, -0.2) is 0 Å². The smallest absolute Gasteiger partial charge is 0.191 e. The fourth-order valence-corrected chi connectivity index (χ4v) is 3.74. The van der Waals surface area contributed by atoms with Crippen molar-refractivity contribution in [3.8, 4) is 0 Å². The molecule has 0 amide bonds. The van der Waals surface area contributed by atoms with E-state index in [9.17, 15) is 0 Å². The molecule has 0 aliphatic carbocycles. The number of rotatable bonds is 9. The molecule has 0 spiro atoms. The molecular weight excluding hydrogens is 455 g/mol. The van der Waals surface area contributed by atoms with Gasteiger partial charge in [-0.15, -0.1) is 24.0 Å². The van der Waals surface area contributed by atoms with E-state index in [2.05, 4.69) is 41.3 Å². The summed E-state index contributed by atoms with van der Waals surface area (Å²) < 4.78 is 11.3. The van der Waals surface area contributed by atoms with Crippen LogP contribution in [0.4, 0.5) is 0 Å². The molecule has 0 aromatic rings. The Hall–Kier alpha value is -0.120. The molecule has 7 heteroatoms. The van der Waals surface area contributed by atoms with Gasteiger partial charge in [0.2, 0.25) is 0 Å². The first kappa shape index (κ1) is 24.9. The average molecular weight is 496 g/mol. The van der Waals surface area contributed by atoms with Gasteiger partial charge in [0, 0.05) is 45.4 Å². The number of hydrogen-bond acceptors (Lipinski definition) is 4. The van der Waals surface area contributed by atoms with E-state index in [1.165, 1.54) is 32.4 Å². The van der Waals surface area contributed by atoms with Crippen molar-refractivity contribution in [2.75, 3.05) is 53.0 Å². The zero-order valence-electron chi connectivity index (χ0n) is 17.8. The van der Waals surface area contributed by atoms with Crippen molar-refractivity contribution in [3.63, 3.8) is 0 Å². The van der Waals surface area contributed by atoms with Crippen molar-refractivity contribution in [1.82, 2.24) is 15.5 Å². The molecule has 2 atom stereocenters. The molecule has 6 nitrogen and oxygen atoms in total. The van der Waals surface area contributed by atoms with Gasteiger partial charge in [-0.1, -0.05) is 6.92 Å². The number of guanidine groups is 1. The normalized spacial score (nSPS) is 24.5. The molecule has 2 N–H and O–H groups in total. The van der Waals surface area contributed by atoms with Crippen LogP contribution >= 0.6 is 24.0 Å². The molecule has 160 valence electrons. The monoisotopic (exact) mass is 496 g/mol. The Morgan fingerprint density at radius 3 is 2.74 bits per heavy atom. The minimum Gasteiger partial charge on any atom is -0.379 e. The van der Waals surface area contributed by atoms with Crippen LogP contribution in [0.5, 0.6) is 0 Å². The minimum atomic E-state index is 0. The highest BCUT2D eigenvalue weighted by atomic mass is 127. The van der Waals surface area contributed by atoms with Crippen LogP contribution in [-0.4, -0.2) is 75.5 Å². The van der Waals surface area contributed by atoms with Gasteiger partial charge in [0.15, 0.2) is 5.96 Å². The summed E-state index contributed by atoms with van der Waals surface area (Å²) in [4.78, 5) is 6.96. The minimum absolute atomic E-state index is 0. The molecule has 0 bridgehead atoms. The average Bonchev–Trinajstić information content (AvgIpc) is 3.14. The number of hydrogen-bond donors (Lipinski definition) is 2. The van der Waals surface area contributed by atoms with Crippen molar-refractivity contribution >= 4 is 29.9 Å². The summed E-state index contributed by atoms with van der Waals surface area (Å²) in [5.74, 6) is 1.68. The number of nitrogens with zero attached hydrogens (tertiary/aromatic N) is 2. The zero-order chi connectivity index (χ0) is 18.8. The summed E-state index contributed by atoms with van der Waals surface area (Å²) in [5.41, 5.74) is 0.136. The molecule has 2 aliphatic rings. The van der Waals surface area contributed by atoms with E-state index in [0.29, 0.717) is 6.10 Å². The highest BCUT2D eigenvalue weighted by molar-refractivity contribution is 14.0. The lowest BCUT2D eigenvalue weighted by Crippen LogP contribution is -2.56. The quantitative estimate of drug-likeness (QED) is 0.223. The number of likely N-dealkylation sites (tertiary alicyclic amines) is 1. The van der Waals surface area contributed by atoms with E-state index >= 15 is 0 Å². The zero-order valence-corrected chi connectivity index (χ0v) is 20.1. The summed E-state index contributed by atoms with van der Waals surface area (Å²) in [5, 5.41) is 6.89. The first-order valence-electron chi connectivity index (χ1n) is 10.4. The van der Waals surface area contributed by atoms with E-state index < -0.39 is 0 Å². The molecule has 2 fully saturated rings. The van der Waals surface area contributed by atoms with Crippen molar-refractivity contribution in [3.05, 3.63) is 0 Å². The molecule has 0 aromatic heterocycles. The third-order valence-corrected chi connectivity index (χ3v) is 5.51.